The molecule has 2 aromatic rings. The molecule has 0 aliphatic rings. The number of carbonyl (C=O) groups excluding carboxylic acids is 2. The van der Waals surface area contributed by atoms with Crippen LogP contribution in [-0.2, 0) is 9.59 Å². The zero-order chi connectivity index (χ0) is 15.2. The van der Waals surface area contributed by atoms with Gasteiger partial charge >= 0.3 is 0 Å². The molecule has 7 heteroatoms. The van der Waals surface area contributed by atoms with E-state index in [-0.39, 0.29) is 30.3 Å². The minimum atomic E-state index is -0.300. The van der Waals surface area contributed by atoms with E-state index < -0.39 is 0 Å². The molecule has 3 N–H and O–H groups in total. The highest BCUT2D eigenvalue weighted by Gasteiger charge is 2.19. The number of carbonyl (C=O) groups is 2. The number of nitrogens with zero attached hydrogens (tertiary/aromatic N) is 1. The number of hydrogen-bond donors (Lipinski definition) is 3. The second-order valence-electron chi connectivity index (χ2n) is 4.74. The maximum Gasteiger partial charge on any atom is 0.223 e. The number of aromatic nitrogens is 2. The highest BCUT2D eigenvalue weighted by Crippen LogP contribution is 2.22. The van der Waals surface area contributed by atoms with Gasteiger partial charge in [0, 0.05) is 24.2 Å². The molecule has 6 nitrogen and oxygen atoms in total. The minimum Gasteiger partial charge on any atom is -0.348 e. The van der Waals surface area contributed by atoms with Crippen molar-refractivity contribution in [2.75, 3.05) is 0 Å². The lowest BCUT2D eigenvalue weighted by molar-refractivity contribution is -0.123. The Hall–Kier alpha value is -2.15. The molecule has 2 heterocycles. The first-order valence-corrected chi connectivity index (χ1v) is 7.53. The van der Waals surface area contributed by atoms with E-state index in [2.05, 4.69) is 20.6 Å². The lowest BCUT2D eigenvalue weighted by atomic mass is 10.1. The average molecular weight is 306 g/mol. The zero-order valence-corrected chi connectivity index (χ0v) is 12.7. The van der Waals surface area contributed by atoms with Crippen molar-refractivity contribution < 1.29 is 9.59 Å². The van der Waals surface area contributed by atoms with Crippen LogP contribution in [0.4, 0.5) is 0 Å². The molecule has 0 saturated carbocycles. The van der Waals surface area contributed by atoms with Crippen molar-refractivity contribution in [3.63, 3.8) is 0 Å². The Morgan fingerprint density at radius 3 is 2.81 bits per heavy atom. The summed E-state index contributed by atoms with van der Waals surface area (Å²) in [4.78, 5) is 31.5. The first-order valence-electron chi connectivity index (χ1n) is 6.65. The van der Waals surface area contributed by atoms with Crippen LogP contribution in [0.3, 0.4) is 0 Å². The van der Waals surface area contributed by atoms with E-state index in [0.717, 1.165) is 4.88 Å². The molecule has 0 aliphatic heterocycles. The molecular weight excluding hydrogens is 288 g/mol. The predicted octanol–water partition coefficient (Wildman–Crippen LogP) is 1.92. The molecule has 0 aromatic carbocycles. The zero-order valence-electron chi connectivity index (χ0n) is 11.9. The van der Waals surface area contributed by atoms with Crippen LogP contribution in [0.25, 0.3) is 0 Å². The summed E-state index contributed by atoms with van der Waals surface area (Å²) in [5.74, 6) is 0.418. The molecule has 0 fully saturated rings. The first-order chi connectivity index (χ1) is 10.1. The summed E-state index contributed by atoms with van der Waals surface area (Å²) in [5.41, 5.74) is 0. The van der Waals surface area contributed by atoms with Crippen LogP contribution in [0.2, 0.25) is 0 Å². The summed E-state index contributed by atoms with van der Waals surface area (Å²) in [7, 11) is 0. The highest BCUT2D eigenvalue weighted by atomic mass is 32.1. The maximum absolute atomic E-state index is 12.1. The van der Waals surface area contributed by atoms with Crippen molar-refractivity contribution >= 4 is 23.2 Å². The number of hydrogen-bond acceptors (Lipinski definition) is 4. The van der Waals surface area contributed by atoms with Crippen LogP contribution >= 0.6 is 11.3 Å². The topological polar surface area (TPSA) is 86.9 Å². The lowest BCUT2D eigenvalue weighted by Crippen LogP contribution is -2.33. The third-order valence-corrected chi connectivity index (χ3v) is 3.95. The van der Waals surface area contributed by atoms with Gasteiger partial charge in [-0.15, -0.1) is 11.3 Å². The van der Waals surface area contributed by atoms with Gasteiger partial charge < -0.3 is 15.6 Å². The van der Waals surface area contributed by atoms with Crippen LogP contribution < -0.4 is 10.6 Å². The maximum atomic E-state index is 12.1. The van der Waals surface area contributed by atoms with Crippen LogP contribution in [0.15, 0.2) is 29.9 Å². The van der Waals surface area contributed by atoms with Gasteiger partial charge in [-0.05, 0) is 18.4 Å². The summed E-state index contributed by atoms with van der Waals surface area (Å²) >= 11 is 1.52. The molecule has 0 bridgehead atoms. The largest absolute Gasteiger partial charge is 0.348 e. The number of H-pyrrole nitrogens is 1. The molecule has 112 valence electrons. The van der Waals surface area contributed by atoms with Gasteiger partial charge in [-0.2, -0.15) is 0 Å². The molecule has 2 unspecified atom stereocenters. The number of amides is 2. The number of aromatic amines is 1. The van der Waals surface area contributed by atoms with Crippen molar-refractivity contribution in [3.05, 3.63) is 40.6 Å². The fourth-order valence-electron chi connectivity index (χ4n) is 2.03. The monoisotopic (exact) mass is 306 g/mol. The van der Waals surface area contributed by atoms with Crippen LogP contribution in [0.1, 0.15) is 43.1 Å². The van der Waals surface area contributed by atoms with Crippen molar-refractivity contribution in [2.24, 2.45) is 0 Å². The minimum absolute atomic E-state index is 0.133. The molecule has 0 saturated heterocycles. The Morgan fingerprint density at radius 1 is 1.43 bits per heavy atom. The molecule has 21 heavy (non-hydrogen) atoms. The van der Waals surface area contributed by atoms with Crippen molar-refractivity contribution in [2.45, 2.75) is 32.4 Å². The third-order valence-electron chi connectivity index (χ3n) is 2.96. The van der Waals surface area contributed by atoms with Gasteiger partial charge in [-0.3, -0.25) is 9.59 Å². The van der Waals surface area contributed by atoms with E-state index in [0.29, 0.717) is 5.82 Å². The third kappa shape index (κ3) is 4.42. The fourth-order valence-corrected chi connectivity index (χ4v) is 2.80. The van der Waals surface area contributed by atoms with Gasteiger partial charge in [0.05, 0.1) is 18.5 Å². The average Bonchev–Trinajstić information content (AvgIpc) is 3.11. The van der Waals surface area contributed by atoms with E-state index >= 15 is 0 Å². The molecule has 2 rings (SSSR count). The van der Waals surface area contributed by atoms with E-state index in [9.17, 15) is 9.59 Å². The van der Waals surface area contributed by atoms with Crippen LogP contribution in [0, 0.1) is 0 Å². The van der Waals surface area contributed by atoms with Crippen molar-refractivity contribution in [3.8, 4) is 0 Å². The molecular formula is C14H18N4O2S. The second-order valence-corrected chi connectivity index (χ2v) is 5.72. The SMILES string of the molecule is CC(=O)NC(CC(=O)NC(C)c1ncc[nH]1)c1cccs1. The van der Waals surface area contributed by atoms with Crippen LogP contribution in [0.5, 0.6) is 0 Å². The molecule has 0 aliphatic carbocycles. The summed E-state index contributed by atoms with van der Waals surface area (Å²) in [6, 6.07) is 3.31. The normalized spacial score (nSPS) is 13.4. The van der Waals surface area contributed by atoms with E-state index in [1.54, 1.807) is 12.4 Å². The van der Waals surface area contributed by atoms with E-state index in [1.807, 2.05) is 24.4 Å². The molecule has 2 atom stereocenters. The summed E-state index contributed by atoms with van der Waals surface area (Å²) in [5, 5.41) is 7.60. The van der Waals surface area contributed by atoms with Gasteiger partial charge in [0.15, 0.2) is 0 Å². The Kier molecular flexibility index (Phi) is 5.10. The number of imidazole rings is 1. The standard InChI is InChI=1S/C14H18N4O2S/c1-9(14-15-5-6-16-14)17-13(20)8-11(18-10(2)19)12-4-3-7-21-12/h3-7,9,11H,8H2,1-2H3,(H,15,16)(H,17,20)(H,18,19). The summed E-state index contributed by atoms with van der Waals surface area (Å²) < 4.78 is 0. The van der Waals surface area contributed by atoms with Crippen molar-refractivity contribution in [1.82, 2.24) is 20.6 Å². The number of nitrogens with one attached hydrogen (secondary N) is 3. The second kappa shape index (κ2) is 7.03. The van der Waals surface area contributed by atoms with Gasteiger partial charge in [-0.1, -0.05) is 6.07 Å². The molecule has 0 radical (unpaired) electrons. The number of thiophene rings is 1. The quantitative estimate of drug-likeness (QED) is 0.762. The summed E-state index contributed by atoms with van der Waals surface area (Å²) in [6.45, 7) is 3.30. The Balaban J connectivity index is 1.96. The molecule has 2 aromatic heterocycles. The Bertz CT molecular complexity index is 580. The van der Waals surface area contributed by atoms with Gasteiger partial charge in [0.2, 0.25) is 11.8 Å². The lowest BCUT2D eigenvalue weighted by Gasteiger charge is -2.18. The highest BCUT2D eigenvalue weighted by molar-refractivity contribution is 7.10. The number of rotatable bonds is 6. The van der Waals surface area contributed by atoms with Gasteiger partial charge in [-0.25, -0.2) is 4.98 Å². The van der Waals surface area contributed by atoms with Crippen molar-refractivity contribution in [1.29, 1.82) is 0 Å². The molecule has 0 spiro atoms. The van der Waals surface area contributed by atoms with E-state index in [4.69, 9.17) is 0 Å². The van der Waals surface area contributed by atoms with E-state index in [1.165, 1.54) is 18.3 Å². The van der Waals surface area contributed by atoms with Gasteiger partial charge in [0.1, 0.15) is 5.82 Å². The molecule has 2 amide bonds. The van der Waals surface area contributed by atoms with Gasteiger partial charge in [0.25, 0.3) is 0 Å². The predicted molar refractivity (Wildman–Crippen MR) is 80.6 cm³/mol. The smallest absolute Gasteiger partial charge is 0.223 e. The summed E-state index contributed by atoms with van der Waals surface area (Å²) in [6.07, 6.45) is 3.55. The first kappa shape index (κ1) is 15.2. The Morgan fingerprint density at radius 2 is 2.24 bits per heavy atom. The fraction of sp³-hybridized carbons (Fsp3) is 0.357. The van der Waals surface area contributed by atoms with Crippen LogP contribution in [-0.4, -0.2) is 21.8 Å². The Labute approximate surface area is 127 Å².